The topological polar surface area (TPSA) is 67.5 Å². The third-order valence-electron chi connectivity index (χ3n) is 6.05. The highest BCUT2D eigenvalue weighted by molar-refractivity contribution is 5.93. The summed E-state index contributed by atoms with van der Waals surface area (Å²) < 4.78 is 3.91. The van der Waals surface area contributed by atoms with E-state index in [0.29, 0.717) is 12.2 Å². The van der Waals surface area contributed by atoms with Gasteiger partial charge in [-0.3, -0.25) is 18.8 Å². The fourth-order valence-corrected chi connectivity index (χ4v) is 4.55. The van der Waals surface area contributed by atoms with E-state index in [1.807, 2.05) is 24.4 Å². The number of imidazole rings is 1. The summed E-state index contributed by atoms with van der Waals surface area (Å²) in [4.78, 5) is 19.5. The van der Waals surface area contributed by atoms with Crippen molar-refractivity contribution < 1.29 is 4.79 Å². The van der Waals surface area contributed by atoms with Crippen molar-refractivity contribution >= 4 is 11.6 Å². The summed E-state index contributed by atoms with van der Waals surface area (Å²) in [6.07, 6.45) is 10.2. The molecular weight excluding hydrogens is 352 g/mol. The molecule has 7 nitrogen and oxygen atoms in total. The van der Waals surface area contributed by atoms with Gasteiger partial charge in [0.1, 0.15) is 11.3 Å². The molecule has 2 aliphatic rings. The molecule has 5 rings (SSSR count). The number of fused-ring (bicyclic) bond motifs is 2. The van der Waals surface area contributed by atoms with Crippen molar-refractivity contribution in [2.45, 2.75) is 57.8 Å². The van der Waals surface area contributed by atoms with Crippen LogP contribution in [0.1, 0.15) is 54.0 Å². The Morgan fingerprint density at radius 1 is 1.18 bits per heavy atom. The first-order chi connectivity index (χ1) is 13.8. The number of aromatic nitrogens is 4. The van der Waals surface area contributed by atoms with Crippen molar-refractivity contribution in [1.29, 1.82) is 0 Å². The highest BCUT2D eigenvalue weighted by Crippen LogP contribution is 2.26. The van der Waals surface area contributed by atoms with Gasteiger partial charge in [-0.1, -0.05) is 25.3 Å². The van der Waals surface area contributed by atoms with Gasteiger partial charge in [-0.15, -0.1) is 0 Å². The van der Waals surface area contributed by atoms with E-state index in [4.69, 9.17) is 5.10 Å². The molecule has 1 N–H and O–H groups in total. The quantitative estimate of drug-likeness (QED) is 0.758. The Balaban J connectivity index is 1.24. The lowest BCUT2D eigenvalue weighted by Gasteiger charge is -2.36. The van der Waals surface area contributed by atoms with Gasteiger partial charge in [0.2, 0.25) is 0 Å². The molecule has 1 aliphatic heterocycles. The van der Waals surface area contributed by atoms with E-state index < -0.39 is 0 Å². The minimum absolute atomic E-state index is 0.131. The maximum atomic E-state index is 12.6. The zero-order valence-electron chi connectivity index (χ0n) is 16.0. The number of amides is 1. The molecule has 0 atom stereocenters. The molecule has 0 spiro atoms. The SMILES string of the molecule is O=C(NCc1cc2n(n1)CCN(C1CCCCC1)C2)c1cnc2ccccn12. The van der Waals surface area contributed by atoms with Crippen molar-refractivity contribution in [3.8, 4) is 0 Å². The van der Waals surface area contributed by atoms with Gasteiger partial charge in [0.05, 0.1) is 30.7 Å². The van der Waals surface area contributed by atoms with E-state index in [-0.39, 0.29) is 5.91 Å². The highest BCUT2D eigenvalue weighted by Gasteiger charge is 2.26. The smallest absolute Gasteiger partial charge is 0.270 e. The second-order valence-corrected chi connectivity index (χ2v) is 7.87. The summed E-state index contributed by atoms with van der Waals surface area (Å²) in [6, 6.07) is 8.57. The number of hydrogen-bond acceptors (Lipinski definition) is 4. The van der Waals surface area contributed by atoms with E-state index in [1.165, 1.54) is 37.8 Å². The first-order valence-electron chi connectivity index (χ1n) is 10.3. The van der Waals surface area contributed by atoms with Crippen molar-refractivity contribution in [2.24, 2.45) is 0 Å². The van der Waals surface area contributed by atoms with Crippen LogP contribution in [0.25, 0.3) is 5.65 Å². The summed E-state index contributed by atoms with van der Waals surface area (Å²) >= 11 is 0. The van der Waals surface area contributed by atoms with Gasteiger partial charge in [-0.05, 0) is 31.0 Å². The lowest BCUT2D eigenvalue weighted by molar-refractivity contribution is 0.0944. The zero-order chi connectivity index (χ0) is 18.9. The van der Waals surface area contributed by atoms with Crippen LogP contribution in [0.3, 0.4) is 0 Å². The second-order valence-electron chi connectivity index (χ2n) is 7.87. The highest BCUT2D eigenvalue weighted by atomic mass is 16.1. The minimum Gasteiger partial charge on any atom is -0.345 e. The summed E-state index contributed by atoms with van der Waals surface area (Å²) in [5, 5.41) is 7.69. The molecule has 1 amide bonds. The molecule has 28 heavy (non-hydrogen) atoms. The van der Waals surface area contributed by atoms with Crippen LogP contribution in [0.15, 0.2) is 36.7 Å². The van der Waals surface area contributed by atoms with Gasteiger partial charge >= 0.3 is 0 Å². The number of carbonyl (C=O) groups excluding carboxylic acids is 1. The van der Waals surface area contributed by atoms with E-state index in [2.05, 4.69) is 25.9 Å². The van der Waals surface area contributed by atoms with Crippen LogP contribution in [-0.2, 0) is 19.6 Å². The first-order valence-corrected chi connectivity index (χ1v) is 10.3. The molecule has 3 aromatic rings. The molecule has 0 radical (unpaired) electrons. The largest absolute Gasteiger partial charge is 0.345 e. The standard InChI is InChI=1S/C21H26N6O/c28-21(19-14-22-20-8-4-5-9-26(19)20)23-13-16-12-18-15-25(10-11-27(18)24-16)17-6-2-1-3-7-17/h4-5,8-9,12,14,17H,1-3,6-7,10-11,13,15H2,(H,23,28). The van der Waals surface area contributed by atoms with Crippen molar-refractivity contribution in [3.05, 3.63) is 53.7 Å². The van der Waals surface area contributed by atoms with E-state index in [9.17, 15) is 4.79 Å². The van der Waals surface area contributed by atoms with E-state index in [0.717, 1.165) is 37.0 Å². The monoisotopic (exact) mass is 378 g/mol. The molecule has 4 heterocycles. The first kappa shape index (κ1) is 17.4. The predicted octanol–water partition coefficient (Wildman–Crippen LogP) is 2.61. The minimum atomic E-state index is -0.131. The van der Waals surface area contributed by atoms with Crippen LogP contribution in [0, 0.1) is 0 Å². The molecule has 1 fully saturated rings. The third-order valence-corrected chi connectivity index (χ3v) is 6.05. The average Bonchev–Trinajstić information content (AvgIpc) is 3.36. The Morgan fingerprint density at radius 3 is 2.96 bits per heavy atom. The summed E-state index contributed by atoms with van der Waals surface area (Å²) in [7, 11) is 0. The van der Waals surface area contributed by atoms with Gasteiger partial charge < -0.3 is 5.32 Å². The predicted molar refractivity (Wildman–Crippen MR) is 106 cm³/mol. The number of pyridine rings is 1. The molecular formula is C21H26N6O. The van der Waals surface area contributed by atoms with Crippen LogP contribution in [0.5, 0.6) is 0 Å². The maximum Gasteiger partial charge on any atom is 0.270 e. The summed E-state index contributed by atoms with van der Waals surface area (Å²) in [5.74, 6) is -0.131. The number of nitrogens with one attached hydrogen (secondary N) is 1. The van der Waals surface area contributed by atoms with Crippen LogP contribution >= 0.6 is 0 Å². The molecule has 0 bridgehead atoms. The lowest BCUT2D eigenvalue weighted by Crippen LogP contribution is -2.42. The Kier molecular flexibility index (Phi) is 4.60. The van der Waals surface area contributed by atoms with Gasteiger partial charge in [-0.25, -0.2) is 4.98 Å². The van der Waals surface area contributed by atoms with Crippen LogP contribution in [0.4, 0.5) is 0 Å². The second kappa shape index (κ2) is 7.39. The fraction of sp³-hybridized carbons (Fsp3) is 0.476. The van der Waals surface area contributed by atoms with Crippen molar-refractivity contribution in [1.82, 2.24) is 29.4 Å². The Bertz CT molecular complexity index is 984. The molecule has 7 heteroatoms. The maximum absolute atomic E-state index is 12.6. The van der Waals surface area contributed by atoms with E-state index in [1.54, 1.807) is 10.6 Å². The molecule has 3 aromatic heterocycles. The van der Waals surface area contributed by atoms with Gasteiger partial charge in [0.15, 0.2) is 0 Å². The van der Waals surface area contributed by atoms with Gasteiger partial charge in [0, 0.05) is 25.3 Å². The van der Waals surface area contributed by atoms with Crippen LogP contribution in [0.2, 0.25) is 0 Å². The number of hydrogen-bond donors (Lipinski definition) is 1. The zero-order valence-corrected chi connectivity index (χ0v) is 16.0. The number of carbonyl (C=O) groups is 1. The van der Waals surface area contributed by atoms with Gasteiger partial charge in [0.25, 0.3) is 5.91 Å². The third kappa shape index (κ3) is 3.30. The molecule has 1 saturated carbocycles. The Morgan fingerprint density at radius 2 is 2.07 bits per heavy atom. The molecule has 0 saturated heterocycles. The Hall–Kier alpha value is -2.67. The van der Waals surface area contributed by atoms with Gasteiger partial charge in [-0.2, -0.15) is 5.10 Å². The molecule has 0 aromatic carbocycles. The molecule has 146 valence electrons. The number of rotatable bonds is 4. The number of nitrogens with zero attached hydrogens (tertiary/aromatic N) is 5. The van der Waals surface area contributed by atoms with Crippen LogP contribution in [-0.4, -0.2) is 42.6 Å². The summed E-state index contributed by atoms with van der Waals surface area (Å²) in [5.41, 5.74) is 3.49. The fourth-order valence-electron chi connectivity index (χ4n) is 4.55. The molecule has 1 aliphatic carbocycles. The normalized spacial score (nSPS) is 18.3. The van der Waals surface area contributed by atoms with Crippen molar-refractivity contribution in [3.63, 3.8) is 0 Å². The molecule has 0 unspecified atom stereocenters. The van der Waals surface area contributed by atoms with E-state index >= 15 is 0 Å². The Labute approximate surface area is 164 Å². The van der Waals surface area contributed by atoms with Crippen LogP contribution < -0.4 is 5.32 Å². The average molecular weight is 378 g/mol. The van der Waals surface area contributed by atoms with Crippen molar-refractivity contribution in [2.75, 3.05) is 6.54 Å². The lowest BCUT2D eigenvalue weighted by atomic mass is 9.94. The summed E-state index contributed by atoms with van der Waals surface area (Å²) in [6.45, 7) is 3.42.